The molecule has 0 unspecified atom stereocenters. The van der Waals surface area contributed by atoms with E-state index in [1.54, 1.807) is 0 Å². The normalized spacial score (nSPS) is 13.0. The van der Waals surface area contributed by atoms with E-state index in [-0.39, 0.29) is 18.3 Å². The van der Waals surface area contributed by atoms with E-state index in [0.29, 0.717) is 19.8 Å². The van der Waals surface area contributed by atoms with Crippen LogP contribution in [0.2, 0.25) is 0 Å². The van der Waals surface area contributed by atoms with Gasteiger partial charge in [0.1, 0.15) is 0 Å². The highest BCUT2D eigenvalue weighted by Crippen LogP contribution is 2.25. The Hall–Kier alpha value is -1.30. The van der Waals surface area contributed by atoms with Crippen LogP contribution in [0.15, 0.2) is 18.2 Å². The number of anilines is 1. The number of likely N-dealkylation sites (N-methyl/N-ethyl adjacent to an activating group) is 1. The Labute approximate surface area is 138 Å². The van der Waals surface area contributed by atoms with Gasteiger partial charge in [-0.25, -0.2) is 0 Å². The van der Waals surface area contributed by atoms with Crippen molar-refractivity contribution in [1.29, 1.82) is 0 Å². The van der Waals surface area contributed by atoms with Gasteiger partial charge in [0.05, 0.1) is 13.2 Å². The quantitative estimate of drug-likeness (QED) is 0.750. The zero-order chi connectivity index (χ0) is 15.1. The van der Waals surface area contributed by atoms with Gasteiger partial charge in [-0.15, -0.1) is 12.4 Å². The molecule has 0 saturated heterocycles. The van der Waals surface area contributed by atoms with Crippen LogP contribution in [0.4, 0.5) is 5.69 Å². The number of hydrogen-bond acceptors (Lipinski definition) is 4. The van der Waals surface area contributed by atoms with Crippen molar-refractivity contribution in [3.05, 3.63) is 29.3 Å². The molecule has 0 aliphatic carbocycles. The zero-order valence-corrected chi connectivity index (χ0v) is 14.2. The molecule has 1 aliphatic rings. The Morgan fingerprint density at radius 2 is 2.18 bits per heavy atom. The average molecular weight is 328 g/mol. The number of rotatable bonds is 7. The fraction of sp³-hybridized carbons (Fsp3) is 0.562. The lowest BCUT2D eigenvalue weighted by atomic mass is 9.97. The molecule has 0 radical (unpaired) electrons. The summed E-state index contributed by atoms with van der Waals surface area (Å²) in [5, 5.41) is 6.27. The van der Waals surface area contributed by atoms with E-state index in [1.165, 1.54) is 0 Å². The van der Waals surface area contributed by atoms with E-state index < -0.39 is 0 Å². The second-order valence-electron chi connectivity index (χ2n) is 5.53. The number of halogens is 1. The van der Waals surface area contributed by atoms with Gasteiger partial charge < -0.3 is 20.3 Å². The summed E-state index contributed by atoms with van der Waals surface area (Å²) in [6.45, 7) is 3.66. The largest absolute Gasteiger partial charge is 0.385 e. The molecule has 1 aliphatic heterocycles. The zero-order valence-electron chi connectivity index (χ0n) is 13.4. The summed E-state index contributed by atoms with van der Waals surface area (Å²) < 4.78 is 5.47. The van der Waals surface area contributed by atoms with Gasteiger partial charge >= 0.3 is 0 Å². The second-order valence-corrected chi connectivity index (χ2v) is 5.53. The number of amides is 1. The van der Waals surface area contributed by atoms with Crippen molar-refractivity contribution in [3.63, 3.8) is 0 Å². The second kappa shape index (κ2) is 9.66. The first-order valence-corrected chi connectivity index (χ1v) is 7.55. The van der Waals surface area contributed by atoms with Crippen molar-refractivity contribution in [2.45, 2.75) is 12.8 Å². The monoisotopic (exact) mass is 327 g/mol. The van der Waals surface area contributed by atoms with Crippen LogP contribution >= 0.6 is 12.4 Å². The van der Waals surface area contributed by atoms with E-state index in [1.807, 2.05) is 32.3 Å². The molecule has 0 spiro atoms. The van der Waals surface area contributed by atoms with Gasteiger partial charge in [-0.05, 0) is 44.6 Å². The van der Waals surface area contributed by atoms with Gasteiger partial charge in [0.15, 0.2) is 0 Å². The van der Waals surface area contributed by atoms with Crippen molar-refractivity contribution >= 4 is 24.0 Å². The molecular weight excluding hydrogens is 302 g/mol. The first-order valence-electron chi connectivity index (χ1n) is 7.55. The van der Waals surface area contributed by atoms with Crippen molar-refractivity contribution in [3.8, 4) is 0 Å². The van der Waals surface area contributed by atoms with E-state index in [0.717, 1.165) is 42.7 Å². The number of hydrogen-bond donors (Lipinski definition) is 2. The van der Waals surface area contributed by atoms with Crippen LogP contribution in [-0.2, 0) is 11.2 Å². The van der Waals surface area contributed by atoms with Crippen LogP contribution in [-0.4, -0.2) is 57.8 Å². The minimum absolute atomic E-state index is 0. The van der Waals surface area contributed by atoms with Gasteiger partial charge in [-0.2, -0.15) is 0 Å². The molecule has 0 aromatic heterocycles. The Morgan fingerprint density at radius 3 is 2.95 bits per heavy atom. The molecule has 6 heteroatoms. The third-order valence-corrected chi connectivity index (χ3v) is 3.55. The Bertz CT molecular complexity index is 480. The molecule has 1 aromatic carbocycles. The average Bonchev–Trinajstić information content (AvgIpc) is 2.49. The smallest absolute Gasteiger partial charge is 0.251 e. The maximum absolute atomic E-state index is 12.3. The van der Waals surface area contributed by atoms with Gasteiger partial charge in [0.2, 0.25) is 0 Å². The lowest BCUT2D eigenvalue weighted by molar-refractivity contribution is 0.0899. The van der Waals surface area contributed by atoms with E-state index >= 15 is 0 Å². The van der Waals surface area contributed by atoms with Crippen molar-refractivity contribution in [2.75, 3.05) is 52.3 Å². The molecule has 0 atom stereocenters. The standard InChI is InChI=1S/C16H25N3O2.ClH/c1-19(2)10-12-21-11-9-18-16(20)14-5-3-7-15-13(14)6-4-8-17-15;/h3,5,7,17H,4,6,8-12H2,1-2H3,(H,18,20);1H. The van der Waals surface area contributed by atoms with Crippen LogP contribution < -0.4 is 10.6 Å². The molecule has 2 N–H and O–H groups in total. The van der Waals surface area contributed by atoms with Crippen LogP contribution in [0.25, 0.3) is 0 Å². The predicted molar refractivity (Wildman–Crippen MR) is 92.2 cm³/mol. The molecule has 22 heavy (non-hydrogen) atoms. The van der Waals surface area contributed by atoms with Gasteiger partial charge in [0.25, 0.3) is 5.91 Å². The van der Waals surface area contributed by atoms with Crippen LogP contribution in [0, 0.1) is 0 Å². The molecule has 0 saturated carbocycles. The summed E-state index contributed by atoms with van der Waals surface area (Å²) in [7, 11) is 4.02. The first kappa shape index (κ1) is 18.7. The lowest BCUT2D eigenvalue weighted by Crippen LogP contribution is -2.29. The Kier molecular flexibility index (Phi) is 8.24. The highest BCUT2D eigenvalue weighted by molar-refractivity contribution is 5.97. The number of fused-ring (bicyclic) bond motifs is 1. The maximum Gasteiger partial charge on any atom is 0.251 e. The van der Waals surface area contributed by atoms with E-state index in [9.17, 15) is 4.79 Å². The van der Waals surface area contributed by atoms with Crippen LogP contribution in [0.1, 0.15) is 22.3 Å². The number of benzene rings is 1. The van der Waals surface area contributed by atoms with Crippen molar-refractivity contribution in [2.24, 2.45) is 0 Å². The third kappa shape index (κ3) is 5.48. The maximum atomic E-state index is 12.3. The van der Waals surface area contributed by atoms with E-state index in [2.05, 4.69) is 15.5 Å². The SMILES string of the molecule is CN(C)CCOCCNC(=O)c1cccc2c1CCCN2.Cl. The van der Waals surface area contributed by atoms with Gasteiger partial charge in [0, 0.05) is 30.9 Å². The molecule has 1 amide bonds. The molecular formula is C16H26ClN3O2. The fourth-order valence-electron chi connectivity index (χ4n) is 2.40. The molecule has 5 nitrogen and oxygen atoms in total. The molecule has 2 rings (SSSR count). The number of ether oxygens (including phenoxy) is 1. The van der Waals surface area contributed by atoms with Crippen LogP contribution in [0.5, 0.6) is 0 Å². The summed E-state index contributed by atoms with van der Waals surface area (Å²) in [5.41, 5.74) is 3.01. The first-order chi connectivity index (χ1) is 10.2. The van der Waals surface area contributed by atoms with Gasteiger partial charge in [-0.3, -0.25) is 4.79 Å². The number of nitrogens with zero attached hydrogens (tertiary/aromatic N) is 1. The fourth-order valence-corrected chi connectivity index (χ4v) is 2.40. The van der Waals surface area contributed by atoms with Crippen LogP contribution in [0.3, 0.4) is 0 Å². The lowest BCUT2D eigenvalue weighted by Gasteiger charge is -2.20. The highest BCUT2D eigenvalue weighted by Gasteiger charge is 2.16. The van der Waals surface area contributed by atoms with Crippen molar-refractivity contribution in [1.82, 2.24) is 10.2 Å². The minimum atomic E-state index is -0.00763. The van der Waals surface area contributed by atoms with Crippen molar-refractivity contribution < 1.29 is 9.53 Å². The highest BCUT2D eigenvalue weighted by atomic mass is 35.5. The summed E-state index contributed by atoms with van der Waals surface area (Å²) in [4.78, 5) is 14.3. The Balaban J connectivity index is 0.00000242. The number of nitrogens with one attached hydrogen (secondary N) is 2. The molecule has 1 heterocycles. The molecule has 0 bridgehead atoms. The Morgan fingerprint density at radius 1 is 1.36 bits per heavy atom. The number of carbonyl (C=O) groups excluding carboxylic acids is 1. The summed E-state index contributed by atoms with van der Waals surface area (Å²) in [6, 6.07) is 5.86. The summed E-state index contributed by atoms with van der Waals surface area (Å²) in [6.07, 6.45) is 2.04. The van der Waals surface area contributed by atoms with Gasteiger partial charge in [-0.1, -0.05) is 6.07 Å². The molecule has 0 fully saturated rings. The third-order valence-electron chi connectivity index (χ3n) is 3.55. The molecule has 1 aromatic rings. The predicted octanol–water partition coefficient (Wildman–Crippen LogP) is 1.77. The number of carbonyl (C=O) groups is 1. The molecule has 124 valence electrons. The minimum Gasteiger partial charge on any atom is -0.385 e. The topological polar surface area (TPSA) is 53.6 Å². The van der Waals surface area contributed by atoms with E-state index in [4.69, 9.17) is 4.74 Å². The summed E-state index contributed by atoms with van der Waals surface area (Å²) in [5.74, 6) is -0.00763. The summed E-state index contributed by atoms with van der Waals surface area (Å²) >= 11 is 0.